The third-order valence-electron chi connectivity index (χ3n) is 5.01. The van der Waals surface area contributed by atoms with Gasteiger partial charge >= 0.3 is 0 Å². The van der Waals surface area contributed by atoms with Gasteiger partial charge < -0.3 is 5.73 Å². The number of carbonyl (C=O) groups is 2. The van der Waals surface area contributed by atoms with Gasteiger partial charge in [-0.2, -0.15) is 0 Å². The number of anilines is 1. The molecular weight excluding hydrogens is 377 g/mol. The van der Waals surface area contributed by atoms with Crippen molar-refractivity contribution in [1.82, 2.24) is 9.97 Å². The largest absolute Gasteiger partial charge is 0.368 e. The molecule has 0 bridgehead atoms. The molecule has 0 aliphatic heterocycles. The van der Waals surface area contributed by atoms with E-state index in [0.29, 0.717) is 40.2 Å². The Morgan fingerprint density at radius 1 is 1.21 bits per heavy atom. The molecule has 0 unspecified atom stereocenters. The molecule has 4 rings (SSSR count). The molecule has 0 amide bonds. The summed E-state index contributed by atoms with van der Waals surface area (Å²) >= 11 is 1.33. The molecule has 0 radical (unpaired) electrons. The van der Waals surface area contributed by atoms with Crippen LogP contribution in [0.3, 0.4) is 0 Å². The molecule has 7 heteroatoms. The number of fused-ring (bicyclic) bond motifs is 1. The number of nitrogens with two attached hydrogens (primary N) is 1. The summed E-state index contributed by atoms with van der Waals surface area (Å²) in [6.45, 7) is 3.26. The molecule has 2 aromatic heterocycles. The van der Waals surface area contributed by atoms with Gasteiger partial charge in [-0.3, -0.25) is 9.59 Å². The van der Waals surface area contributed by atoms with Gasteiger partial charge in [-0.05, 0) is 61.6 Å². The summed E-state index contributed by atoms with van der Waals surface area (Å²) in [6.07, 6.45) is 0.822. The van der Waals surface area contributed by atoms with E-state index in [1.54, 1.807) is 19.1 Å². The standard InChI is InChI=1S/C21H18FN3O2S/c1-10-20-16(25-21(23)24-10)7-12(8-17(20)27)14-4-3-13(22)9-15(14)19-6-5-18(28-19)11(2)26/h3-6,9,12H,7-8H2,1-2H3,(H2,23,24,25)/t12-/m0/s1. The molecule has 2 N–H and O–H groups in total. The molecule has 0 fully saturated rings. The molecular formula is C21H18FN3O2S. The molecule has 0 spiro atoms. The number of thiophene rings is 1. The molecule has 3 aromatic rings. The van der Waals surface area contributed by atoms with Crippen LogP contribution in [0.1, 0.15) is 56.2 Å². The van der Waals surface area contributed by atoms with Gasteiger partial charge in [-0.1, -0.05) is 6.07 Å². The fourth-order valence-electron chi connectivity index (χ4n) is 3.79. The van der Waals surface area contributed by atoms with Crippen LogP contribution in [0.2, 0.25) is 0 Å². The number of hydrogen-bond acceptors (Lipinski definition) is 6. The van der Waals surface area contributed by atoms with Gasteiger partial charge in [0.15, 0.2) is 11.6 Å². The second-order valence-electron chi connectivity index (χ2n) is 6.97. The Balaban J connectivity index is 1.79. The number of nitrogens with zero attached hydrogens (tertiary/aromatic N) is 2. The van der Waals surface area contributed by atoms with Crippen LogP contribution in [-0.2, 0) is 6.42 Å². The normalized spacial score (nSPS) is 16.1. The lowest BCUT2D eigenvalue weighted by Gasteiger charge is -2.26. The number of benzene rings is 1. The smallest absolute Gasteiger partial charge is 0.220 e. The summed E-state index contributed by atoms with van der Waals surface area (Å²) in [5, 5.41) is 0. The first-order valence-electron chi connectivity index (χ1n) is 8.90. The number of aryl methyl sites for hydroxylation is 1. The Labute approximate surface area is 165 Å². The molecule has 1 aromatic carbocycles. The first-order valence-corrected chi connectivity index (χ1v) is 9.72. The van der Waals surface area contributed by atoms with E-state index in [-0.39, 0.29) is 29.2 Å². The van der Waals surface area contributed by atoms with Crippen LogP contribution in [0.15, 0.2) is 30.3 Å². The summed E-state index contributed by atoms with van der Waals surface area (Å²) in [4.78, 5) is 34.2. The van der Waals surface area contributed by atoms with E-state index < -0.39 is 0 Å². The Hall–Kier alpha value is -2.93. The summed E-state index contributed by atoms with van der Waals surface area (Å²) < 4.78 is 14.0. The van der Waals surface area contributed by atoms with E-state index in [9.17, 15) is 14.0 Å². The monoisotopic (exact) mass is 395 g/mol. The van der Waals surface area contributed by atoms with E-state index in [1.165, 1.54) is 30.4 Å². The predicted octanol–water partition coefficient (Wildman–Crippen LogP) is 4.35. The van der Waals surface area contributed by atoms with E-state index in [2.05, 4.69) is 9.97 Å². The average molecular weight is 395 g/mol. The van der Waals surface area contributed by atoms with Crippen molar-refractivity contribution in [3.63, 3.8) is 0 Å². The molecule has 2 heterocycles. The summed E-state index contributed by atoms with van der Waals surface area (Å²) in [6, 6.07) is 8.15. The first-order chi connectivity index (χ1) is 13.3. The highest BCUT2D eigenvalue weighted by Crippen LogP contribution is 2.40. The van der Waals surface area contributed by atoms with E-state index in [0.717, 1.165) is 10.4 Å². The SMILES string of the molecule is CC(=O)c1ccc(-c2cc(F)ccc2[C@@H]2CC(=O)c3c(C)nc(N)nc3C2)s1. The number of halogens is 1. The van der Waals surface area contributed by atoms with Crippen molar-refractivity contribution in [3.05, 3.63) is 63.5 Å². The fourth-order valence-corrected chi connectivity index (χ4v) is 4.73. The number of Topliss-reactive ketones (excluding diaryl/α,β-unsaturated/α-hetero) is 2. The van der Waals surface area contributed by atoms with Crippen LogP contribution in [0.25, 0.3) is 10.4 Å². The lowest BCUT2D eigenvalue weighted by molar-refractivity contribution is 0.0961. The molecule has 1 atom stereocenters. The average Bonchev–Trinajstić information content (AvgIpc) is 3.11. The minimum absolute atomic E-state index is 0.0291. The zero-order chi connectivity index (χ0) is 20.0. The fraction of sp³-hybridized carbons (Fsp3) is 0.238. The quantitative estimate of drug-likeness (QED) is 0.666. The maximum Gasteiger partial charge on any atom is 0.220 e. The summed E-state index contributed by atoms with van der Waals surface area (Å²) in [7, 11) is 0. The first kappa shape index (κ1) is 18.4. The number of aromatic nitrogens is 2. The lowest BCUT2D eigenvalue weighted by Crippen LogP contribution is -2.23. The number of ketones is 2. The Kier molecular flexibility index (Phi) is 4.55. The Bertz CT molecular complexity index is 1120. The second-order valence-corrected chi connectivity index (χ2v) is 8.05. The molecule has 1 aliphatic carbocycles. The highest BCUT2D eigenvalue weighted by molar-refractivity contribution is 7.17. The number of nitrogen functional groups attached to an aromatic ring is 1. The van der Waals surface area contributed by atoms with Gasteiger partial charge in [0.05, 0.1) is 21.8 Å². The van der Waals surface area contributed by atoms with Crippen LogP contribution >= 0.6 is 11.3 Å². The number of hydrogen-bond donors (Lipinski definition) is 1. The van der Waals surface area contributed by atoms with Crippen LogP contribution in [0.5, 0.6) is 0 Å². The number of carbonyl (C=O) groups excluding carboxylic acids is 2. The van der Waals surface area contributed by atoms with Crippen LogP contribution in [0.4, 0.5) is 10.3 Å². The maximum atomic E-state index is 14.0. The molecule has 142 valence electrons. The van der Waals surface area contributed by atoms with Gasteiger partial charge in [0.1, 0.15) is 5.82 Å². The zero-order valence-corrected chi connectivity index (χ0v) is 16.3. The minimum atomic E-state index is -0.360. The lowest BCUT2D eigenvalue weighted by atomic mass is 9.79. The van der Waals surface area contributed by atoms with Crippen molar-refractivity contribution >= 4 is 28.9 Å². The van der Waals surface area contributed by atoms with Gasteiger partial charge in [0, 0.05) is 11.3 Å². The summed E-state index contributed by atoms with van der Waals surface area (Å²) in [5.41, 5.74) is 9.12. The second kappa shape index (κ2) is 6.91. The highest BCUT2D eigenvalue weighted by Gasteiger charge is 2.31. The van der Waals surface area contributed by atoms with Gasteiger partial charge in [-0.25, -0.2) is 14.4 Å². The van der Waals surface area contributed by atoms with Gasteiger partial charge in [0.2, 0.25) is 5.95 Å². The molecule has 0 saturated heterocycles. The predicted molar refractivity (Wildman–Crippen MR) is 106 cm³/mol. The molecule has 5 nitrogen and oxygen atoms in total. The van der Waals surface area contributed by atoms with Gasteiger partial charge in [-0.15, -0.1) is 11.3 Å². The van der Waals surface area contributed by atoms with E-state index in [4.69, 9.17) is 5.73 Å². The van der Waals surface area contributed by atoms with Crippen molar-refractivity contribution in [2.24, 2.45) is 0 Å². The van der Waals surface area contributed by atoms with Gasteiger partial charge in [0.25, 0.3) is 0 Å². The molecule has 0 saturated carbocycles. The van der Waals surface area contributed by atoms with Crippen molar-refractivity contribution in [2.45, 2.75) is 32.6 Å². The third-order valence-corrected chi connectivity index (χ3v) is 6.23. The molecule has 28 heavy (non-hydrogen) atoms. The Morgan fingerprint density at radius 3 is 2.71 bits per heavy atom. The van der Waals surface area contributed by atoms with Crippen LogP contribution in [0, 0.1) is 12.7 Å². The number of rotatable bonds is 3. The van der Waals surface area contributed by atoms with Crippen molar-refractivity contribution in [1.29, 1.82) is 0 Å². The van der Waals surface area contributed by atoms with E-state index >= 15 is 0 Å². The van der Waals surface area contributed by atoms with Crippen molar-refractivity contribution in [2.75, 3.05) is 5.73 Å². The zero-order valence-electron chi connectivity index (χ0n) is 15.5. The van der Waals surface area contributed by atoms with Crippen LogP contribution in [-0.4, -0.2) is 21.5 Å². The third kappa shape index (κ3) is 3.22. The summed E-state index contributed by atoms with van der Waals surface area (Å²) in [5.74, 6) is -0.421. The topological polar surface area (TPSA) is 85.9 Å². The van der Waals surface area contributed by atoms with Crippen molar-refractivity contribution < 1.29 is 14.0 Å². The minimum Gasteiger partial charge on any atom is -0.368 e. The highest BCUT2D eigenvalue weighted by atomic mass is 32.1. The van der Waals surface area contributed by atoms with E-state index in [1.807, 2.05) is 6.07 Å². The van der Waals surface area contributed by atoms with Crippen molar-refractivity contribution in [3.8, 4) is 10.4 Å². The Morgan fingerprint density at radius 2 is 2.00 bits per heavy atom. The maximum absolute atomic E-state index is 14.0. The molecule has 1 aliphatic rings. The van der Waals surface area contributed by atoms with Crippen LogP contribution < -0.4 is 5.73 Å².